The number of carbonyl (C=O) groups excluding carboxylic acids is 1. The maximum atomic E-state index is 12.1. The van der Waals surface area contributed by atoms with Gasteiger partial charge in [0.2, 0.25) is 0 Å². The molecule has 20 heavy (non-hydrogen) atoms. The van der Waals surface area contributed by atoms with E-state index in [1.165, 1.54) is 12.7 Å². The van der Waals surface area contributed by atoms with E-state index in [2.05, 4.69) is 25.5 Å². The van der Waals surface area contributed by atoms with Gasteiger partial charge >= 0.3 is 0 Å². The average molecular weight is 266 g/mol. The molecule has 7 nitrogen and oxygen atoms in total. The number of anilines is 1. The van der Waals surface area contributed by atoms with Gasteiger partial charge in [-0.05, 0) is 24.3 Å². The number of aromatic nitrogens is 5. The van der Waals surface area contributed by atoms with Crippen LogP contribution in [0, 0.1) is 0 Å². The van der Waals surface area contributed by atoms with Crippen LogP contribution < -0.4 is 5.32 Å². The van der Waals surface area contributed by atoms with Crippen molar-refractivity contribution in [2.75, 3.05) is 5.32 Å². The minimum absolute atomic E-state index is 0.227. The highest BCUT2D eigenvalue weighted by Crippen LogP contribution is 2.10. The van der Waals surface area contributed by atoms with Gasteiger partial charge in [-0.2, -0.15) is 0 Å². The zero-order valence-electron chi connectivity index (χ0n) is 10.3. The molecule has 0 aliphatic rings. The summed E-state index contributed by atoms with van der Waals surface area (Å²) in [5.41, 5.74) is 1.13. The lowest BCUT2D eigenvalue weighted by molar-refractivity contribution is 0.102. The van der Waals surface area contributed by atoms with Crippen molar-refractivity contribution in [3.8, 4) is 5.82 Å². The summed E-state index contributed by atoms with van der Waals surface area (Å²) >= 11 is 0. The quantitative estimate of drug-likeness (QED) is 0.772. The maximum Gasteiger partial charge on any atom is 0.255 e. The lowest BCUT2D eigenvalue weighted by Gasteiger charge is -2.06. The fourth-order valence-corrected chi connectivity index (χ4v) is 1.66. The molecule has 1 amide bonds. The van der Waals surface area contributed by atoms with Gasteiger partial charge in [0, 0.05) is 18.0 Å². The second-order valence-electron chi connectivity index (χ2n) is 3.97. The van der Waals surface area contributed by atoms with Crippen LogP contribution >= 0.6 is 0 Å². The van der Waals surface area contributed by atoms with E-state index in [0.29, 0.717) is 17.1 Å². The Bertz CT molecular complexity index is 711. The van der Waals surface area contributed by atoms with Gasteiger partial charge in [0.15, 0.2) is 0 Å². The Morgan fingerprint density at radius 3 is 2.75 bits per heavy atom. The standard InChI is InChI=1S/C13H10N6O/c20-13(18-11-2-1-4-14-7-11)10-3-5-15-12(6-10)19-8-16-17-9-19/h1-9H,(H,18,20). The monoisotopic (exact) mass is 266 g/mol. The lowest BCUT2D eigenvalue weighted by atomic mass is 10.2. The fourth-order valence-electron chi connectivity index (χ4n) is 1.66. The van der Waals surface area contributed by atoms with E-state index in [4.69, 9.17) is 0 Å². The van der Waals surface area contributed by atoms with Gasteiger partial charge in [0.1, 0.15) is 18.5 Å². The van der Waals surface area contributed by atoms with E-state index in [0.717, 1.165) is 0 Å². The van der Waals surface area contributed by atoms with Crippen molar-refractivity contribution in [2.45, 2.75) is 0 Å². The second-order valence-corrected chi connectivity index (χ2v) is 3.97. The molecule has 0 bridgehead atoms. The number of rotatable bonds is 3. The molecule has 0 unspecified atom stereocenters. The molecule has 0 atom stereocenters. The molecule has 3 aromatic heterocycles. The van der Waals surface area contributed by atoms with Crippen LogP contribution in [-0.2, 0) is 0 Å². The molecule has 0 radical (unpaired) electrons. The molecular formula is C13H10N6O. The molecule has 3 rings (SSSR count). The van der Waals surface area contributed by atoms with Crippen molar-refractivity contribution in [3.05, 3.63) is 61.1 Å². The molecule has 3 heterocycles. The van der Waals surface area contributed by atoms with Crippen molar-refractivity contribution in [3.63, 3.8) is 0 Å². The number of hydrogen-bond acceptors (Lipinski definition) is 5. The van der Waals surface area contributed by atoms with E-state index in [-0.39, 0.29) is 5.91 Å². The van der Waals surface area contributed by atoms with E-state index in [1.54, 1.807) is 47.4 Å². The number of nitrogens with zero attached hydrogens (tertiary/aromatic N) is 5. The predicted octanol–water partition coefficient (Wildman–Crippen LogP) is 1.31. The third-order valence-corrected chi connectivity index (χ3v) is 2.61. The van der Waals surface area contributed by atoms with Crippen molar-refractivity contribution in [1.29, 1.82) is 0 Å². The predicted molar refractivity (Wildman–Crippen MR) is 71.3 cm³/mol. The summed E-state index contributed by atoms with van der Waals surface area (Å²) in [7, 11) is 0. The number of hydrogen-bond donors (Lipinski definition) is 1. The van der Waals surface area contributed by atoms with Crippen LogP contribution in [0.4, 0.5) is 5.69 Å². The van der Waals surface area contributed by atoms with Crippen LogP contribution in [0.5, 0.6) is 0 Å². The highest BCUT2D eigenvalue weighted by Gasteiger charge is 2.08. The summed E-state index contributed by atoms with van der Waals surface area (Å²) in [6.07, 6.45) is 7.83. The molecule has 7 heteroatoms. The molecule has 3 aromatic rings. The van der Waals surface area contributed by atoms with E-state index in [9.17, 15) is 4.79 Å². The first kappa shape index (κ1) is 12.0. The molecule has 0 aliphatic carbocycles. The zero-order chi connectivity index (χ0) is 13.8. The van der Waals surface area contributed by atoms with E-state index < -0.39 is 0 Å². The van der Waals surface area contributed by atoms with Crippen LogP contribution in [-0.4, -0.2) is 30.6 Å². The van der Waals surface area contributed by atoms with Crippen LogP contribution in [0.2, 0.25) is 0 Å². The number of amides is 1. The topological polar surface area (TPSA) is 85.6 Å². The number of nitrogens with one attached hydrogen (secondary N) is 1. The van der Waals surface area contributed by atoms with Crippen molar-refractivity contribution in [2.24, 2.45) is 0 Å². The van der Waals surface area contributed by atoms with Crippen molar-refractivity contribution in [1.82, 2.24) is 24.7 Å². The molecule has 98 valence electrons. The van der Waals surface area contributed by atoms with Gasteiger partial charge in [-0.1, -0.05) is 0 Å². The zero-order valence-corrected chi connectivity index (χ0v) is 10.3. The summed E-state index contributed by atoms with van der Waals surface area (Å²) in [4.78, 5) is 20.2. The SMILES string of the molecule is O=C(Nc1cccnc1)c1ccnc(-n2cnnc2)c1. The van der Waals surface area contributed by atoms with Gasteiger partial charge in [-0.15, -0.1) is 10.2 Å². The Labute approximate surface area is 114 Å². The van der Waals surface area contributed by atoms with Gasteiger partial charge < -0.3 is 5.32 Å². The van der Waals surface area contributed by atoms with Crippen LogP contribution in [0.25, 0.3) is 5.82 Å². The smallest absolute Gasteiger partial charge is 0.255 e. The largest absolute Gasteiger partial charge is 0.321 e. The number of carbonyl (C=O) groups is 1. The minimum Gasteiger partial charge on any atom is -0.321 e. The Hall–Kier alpha value is -3.09. The van der Waals surface area contributed by atoms with E-state index in [1.807, 2.05) is 0 Å². The molecule has 0 aromatic carbocycles. The lowest BCUT2D eigenvalue weighted by Crippen LogP contribution is -2.12. The maximum absolute atomic E-state index is 12.1. The fraction of sp³-hybridized carbons (Fsp3) is 0. The highest BCUT2D eigenvalue weighted by atomic mass is 16.1. The first-order valence-electron chi connectivity index (χ1n) is 5.85. The van der Waals surface area contributed by atoms with Crippen molar-refractivity contribution >= 4 is 11.6 Å². The molecule has 0 aliphatic heterocycles. The highest BCUT2D eigenvalue weighted by molar-refractivity contribution is 6.04. The summed E-state index contributed by atoms with van der Waals surface area (Å²) in [6.45, 7) is 0. The number of pyridine rings is 2. The summed E-state index contributed by atoms with van der Waals surface area (Å²) in [5, 5.41) is 10.2. The average Bonchev–Trinajstić information content (AvgIpc) is 3.03. The Morgan fingerprint density at radius 1 is 1.15 bits per heavy atom. The van der Waals surface area contributed by atoms with E-state index >= 15 is 0 Å². The normalized spacial score (nSPS) is 10.2. The Morgan fingerprint density at radius 2 is 2.00 bits per heavy atom. The molecule has 0 saturated heterocycles. The van der Waals surface area contributed by atoms with Gasteiger partial charge in [-0.25, -0.2) is 4.98 Å². The van der Waals surface area contributed by atoms with Crippen molar-refractivity contribution < 1.29 is 4.79 Å². The van der Waals surface area contributed by atoms with Crippen LogP contribution in [0.3, 0.4) is 0 Å². The summed E-state index contributed by atoms with van der Waals surface area (Å²) in [5.74, 6) is 0.351. The Balaban J connectivity index is 1.84. The molecule has 0 saturated carbocycles. The molecule has 1 N–H and O–H groups in total. The molecule has 0 fully saturated rings. The third kappa shape index (κ3) is 2.51. The third-order valence-electron chi connectivity index (χ3n) is 2.61. The first-order chi connectivity index (χ1) is 9.83. The van der Waals surface area contributed by atoms with Gasteiger partial charge in [-0.3, -0.25) is 14.3 Å². The van der Waals surface area contributed by atoms with Gasteiger partial charge in [0.25, 0.3) is 5.91 Å². The molecule has 0 spiro atoms. The van der Waals surface area contributed by atoms with Crippen LogP contribution in [0.15, 0.2) is 55.5 Å². The molecular weight excluding hydrogens is 256 g/mol. The minimum atomic E-state index is -0.227. The van der Waals surface area contributed by atoms with Crippen LogP contribution in [0.1, 0.15) is 10.4 Å². The van der Waals surface area contributed by atoms with Gasteiger partial charge in [0.05, 0.1) is 11.9 Å². The summed E-state index contributed by atoms with van der Waals surface area (Å²) < 4.78 is 1.63. The first-order valence-corrected chi connectivity index (χ1v) is 5.85. The second kappa shape index (κ2) is 5.27. The summed E-state index contributed by atoms with van der Waals surface area (Å²) in [6, 6.07) is 6.83. The Kier molecular flexibility index (Phi) is 3.15.